The second-order valence-electron chi connectivity index (χ2n) is 4.73. The highest BCUT2D eigenvalue weighted by Gasteiger charge is 2.28. The number of benzene rings is 2. The van der Waals surface area contributed by atoms with E-state index in [9.17, 15) is 0 Å². The lowest BCUT2D eigenvalue weighted by Gasteiger charge is -2.11. The number of hydrogen-bond donors (Lipinski definition) is 0. The maximum Gasteiger partial charge on any atom is 0.00978 e. The zero-order valence-electron chi connectivity index (χ0n) is 9.56. The molecule has 0 radical (unpaired) electrons. The van der Waals surface area contributed by atoms with Crippen LogP contribution in [0.3, 0.4) is 0 Å². The zero-order chi connectivity index (χ0) is 11.0. The summed E-state index contributed by atoms with van der Waals surface area (Å²) >= 11 is 0. The second-order valence-corrected chi connectivity index (χ2v) is 4.73. The molecule has 80 valence electrons. The van der Waals surface area contributed by atoms with Gasteiger partial charge in [-0.2, -0.15) is 0 Å². The molecule has 3 rings (SSSR count). The van der Waals surface area contributed by atoms with Gasteiger partial charge in [0.15, 0.2) is 0 Å². The van der Waals surface area contributed by atoms with Crippen LogP contribution in [0.25, 0.3) is 0 Å². The SMILES string of the molecule is C[C@@H]1C[C@H](c2ccccc2)c2ccccc21. The Morgan fingerprint density at radius 2 is 1.44 bits per heavy atom. The summed E-state index contributed by atoms with van der Waals surface area (Å²) in [5.74, 6) is 1.30. The highest BCUT2D eigenvalue weighted by Crippen LogP contribution is 2.44. The molecule has 0 saturated carbocycles. The van der Waals surface area contributed by atoms with Gasteiger partial charge in [0, 0.05) is 5.92 Å². The van der Waals surface area contributed by atoms with Gasteiger partial charge in [-0.25, -0.2) is 0 Å². The molecule has 0 N–H and O–H groups in total. The second kappa shape index (κ2) is 3.79. The minimum atomic E-state index is 0.604. The Morgan fingerprint density at radius 3 is 2.19 bits per heavy atom. The lowest BCUT2D eigenvalue weighted by atomic mass is 9.93. The Morgan fingerprint density at radius 1 is 0.812 bits per heavy atom. The molecule has 0 nitrogen and oxygen atoms in total. The fourth-order valence-corrected chi connectivity index (χ4v) is 2.89. The van der Waals surface area contributed by atoms with E-state index in [-0.39, 0.29) is 0 Å². The van der Waals surface area contributed by atoms with E-state index in [1.165, 1.54) is 23.1 Å². The molecular formula is C16H16. The molecular weight excluding hydrogens is 192 g/mol. The molecule has 0 aliphatic heterocycles. The number of rotatable bonds is 1. The molecule has 16 heavy (non-hydrogen) atoms. The van der Waals surface area contributed by atoms with Crippen molar-refractivity contribution in [2.24, 2.45) is 0 Å². The summed E-state index contributed by atoms with van der Waals surface area (Å²) in [5, 5.41) is 0. The predicted molar refractivity (Wildman–Crippen MR) is 67.8 cm³/mol. The van der Waals surface area contributed by atoms with Crippen LogP contribution >= 0.6 is 0 Å². The van der Waals surface area contributed by atoms with E-state index >= 15 is 0 Å². The van der Waals surface area contributed by atoms with E-state index in [0.717, 1.165) is 0 Å². The van der Waals surface area contributed by atoms with Crippen molar-refractivity contribution in [2.75, 3.05) is 0 Å². The Hall–Kier alpha value is -1.56. The van der Waals surface area contributed by atoms with Crippen molar-refractivity contribution >= 4 is 0 Å². The van der Waals surface area contributed by atoms with Crippen LogP contribution in [-0.2, 0) is 0 Å². The molecule has 1 aliphatic carbocycles. The van der Waals surface area contributed by atoms with Crippen LogP contribution in [0.5, 0.6) is 0 Å². The highest BCUT2D eigenvalue weighted by molar-refractivity contribution is 5.44. The van der Waals surface area contributed by atoms with E-state index in [0.29, 0.717) is 11.8 Å². The van der Waals surface area contributed by atoms with E-state index in [2.05, 4.69) is 61.5 Å². The molecule has 2 aromatic carbocycles. The van der Waals surface area contributed by atoms with Crippen molar-refractivity contribution in [3.8, 4) is 0 Å². The first-order valence-electron chi connectivity index (χ1n) is 6.00. The Bertz CT molecular complexity index is 484. The van der Waals surface area contributed by atoms with Crippen LogP contribution in [0.2, 0.25) is 0 Å². The Balaban J connectivity index is 2.07. The summed E-state index contributed by atoms with van der Waals surface area (Å²) in [6.45, 7) is 2.34. The summed E-state index contributed by atoms with van der Waals surface area (Å²) < 4.78 is 0. The van der Waals surface area contributed by atoms with Crippen LogP contribution in [0.15, 0.2) is 54.6 Å². The van der Waals surface area contributed by atoms with Crippen molar-refractivity contribution in [1.29, 1.82) is 0 Å². The van der Waals surface area contributed by atoms with E-state index in [1.54, 1.807) is 0 Å². The summed E-state index contributed by atoms with van der Waals surface area (Å²) in [5.41, 5.74) is 4.52. The first-order chi connectivity index (χ1) is 7.86. The summed E-state index contributed by atoms with van der Waals surface area (Å²) in [6.07, 6.45) is 1.25. The Kier molecular flexibility index (Phi) is 2.28. The van der Waals surface area contributed by atoms with E-state index in [4.69, 9.17) is 0 Å². The van der Waals surface area contributed by atoms with Crippen LogP contribution in [0.4, 0.5) is 0 Å². The van der Waals surface area contributed by atoms with Gasteiger partial charge >= 0.3 is 0 Å². The molecule has 0 heteroatoms. The molecule has 0 aromatic heterocycles. The minimum Gasteiger partial charge on any atom is -0.0622 e. The lowest BCUT2D eigenvalue weighted by Crippen LogP contribution is -1.95. The normalized spacial score (nSPS) is 23.1. The van der Waals surface area contributed by atoms with Gasteiger partial charge in [0.2, 0.25) is 0 Å². The quantitative estimate of drug-likeness (QED) is 0.654. The molecule has 1 aliphatic rings. The van der Waals surface area contributed by atoms with Crippen molar-refractivity contribution < 1.29 is 0 Å². The van der Waals surface area contributed by atoms with Crippen molar-refractivity contribution in [2.45, 2.75) is 25.2 Å². The summed E-state index contributed by atoms with van der Waals surface area (Å²) in [6, 6.07) is 19.8. The monoisotopic (exact) mass is 208 g/mol. The molecule has 0 heterocycles. The third kappa shape index (κ3) is 1.46. The average molecular weight is 208 g/mol. The largest absolute Gasteiger partial charge is 0.0622 e. The molecule has 2 aromatic rings. The Labute approximate surface area is 96.9 Å². The van der Waals surface area contributed by atoms with Crippen molar-refractivity contribution in [1.82, 2.24) is 0 Å². The molecule has 0 bridgehead atoms. The third-order valence-electron chi connectivity index (χ3n) is 3.69. The molecule has 0 saturated heterocycles. The van der Waals surface area contributed by atoms with E-state index in [1.807, 2.05) is 0 Å². The summed E-state index contributed by atoms with van der Waals surface area (Å²) in [7, 11) is 0. The standard InChI is InChI=1S/C16H16/c1-12-11-16(13-7-3-2-4-8-13)15-10-6-5-9-14(12)15/h2-10,12,16H,11H2,1H3/t12-,16-/m1/s1. The van der Waals surface area contributed by atoms with Gasteiger partial charge in [-0.05, 0) is 29.0 Å². The smallest absolute Gasteiger partial charge is 0.00978 e. The summed E-state index contributed by atoms with van der Waals surface area (Å²) in [4.78, 5) is 0. The van der Waals surface area contributed by atoms with Crippen LogP contribution in [0, 0.1) is 0 Å². The maximum absolute atomic E-state index is 2.34. The van der Waals surface area contributed by atoms with Gasteiger partial charge in [-0.3, -0.25) is 0 Å². The molecule has 0 fully saturated rings. The van der Waals surface area contributed by atoms with Gasteiger partial charge < -0.3 is 0 Å². The topological polar surface area (TPSA) is 0 Å². The van der Waals surface area contributed by atoms with Crippen LogP contribution < -0.4 is 0 Å². The van der Waals surface area contributed by atoms with Crippen LogP contribution in [-0.4, -0.2) is 0 Å². The molecule has 0 amide bonds. The molecule has 0 unspecified atom stereocenters. The minimum absolute atomic E-state index is 0.604. The lowest BCUT2D eigenvalue weighted by molar-refractivity contribution is 0.686. The van der Waals surface area contributed by atoms with E-state index < -0.39 is 0 Å². The zero-order valence-corrected chi connectivity index (χ0v) is 9.56. The number of hydrogen-bond acceptors (Lipinski definition) is 0. The molecule has 0 spiro atoms. The van der Waals surface area contributed by atoms with Gasteiger partial charge in [0.1, 0.15) is 0 Å². The van der Waals surface area contributed by atoms with Gasteiger partial charge in [0.05, 0.1) is 0 Å². The van der Waals surface area contributed by atoms with Gasteiger partial charge in [-0.1, -0.05) is 61.5 Å². The first-order valence-corrected chi connectivity index (χ1v) is 6.00. The van der Waals surface area contributed by atoms with Gasteiger partial charge in [0.25, 0.3) is 0 Å². The van der Waals surface area contributed by atoms with Crippen molar-refractivity contribution in [3.05, 3.63) is 71.3 Å². The van der Waals surface area contributed by atoms with Crippen LogP contribution in [0.1, 0.15) is 41.9 Å². The fourth-order valence-electron chi connectivity index (χ4n) is 2.89. The maximum atomic E-state index is 2.34. The average Bonchev–Trinajstić information content (AvgIpc) is 2.69. The third-order valence-corrected chi connectivity index (χ3v) is 3.69. The number of fused-ring (bicyclic) bond motifs is 1. The van der Waals surface area contributed by atoms with Crippen molar-refractivity contribution in [3.63, 3.8) is 0 Å². The van der Waals surface area contributed by atoms with Gasteiger partial charge in [-0.15, -0.1) is 0 Å². The highest BCUT2D eigenvalue weighted by atomic mass is 14.3. The predicted octanol–water partition coefficient (Wildman–Crippen LogP) is 4.33. The molecule has 2 atom stereocenters. The fraction of sp³-hybridized carbons (Fsp3) is 0.250. The first kappa shape index (κ1) is 9.65.